The van der Waals surface area contributed by atoms with Gasteiger partial charge in [-0.3, -0.25) is 9.59 Å². The van der Waals surface area contributed by atoms with E-state index in [0.717, 1.165) is 0 Å². The zero-order valence-electron chi connectivity index (χ0n) is 14.5. The fourth-order valence-corrected chi connectivity index (χ4v) is 2.06. The van der Waals surface area contributed by atoms with Gasteiger partial charge in [0.1, 0.15) is 11.5 Å². The number of carbonyl (C=O) groups is 2. The van der Waals surface area contributed by atoms with Crippen LogP contribution in [0.15, 0.2) is 58.7 Å². The molecule has 0 atom stereocenters. The van der Waals surface area contributed by atoms with Crippen molar-refractivity contribution in [1.82, 2.24) is 10.9 Å². The average Bonchev–Trinajstić information content (AvgIpc) is 2.65. The van der Waals surface area contributed by atoms with E-state index in [1.807, 2.05) is 0 Å². The van der Waals surface area contributed by atoms with Gasteiger partial charge in [0.25, 0.3) is 0 Å². The van der Waals surface area contributed by atoms with Crippen LogP contribution < -0.4 is 10.9 Å². The predicted octanol–water partition coefficient (Wildman–Crippen LogP) is 1.87. The average molecular weight is 368 g/mol. The maximum Gasteiger partial charge on any atom is 0.240 e. The van der Waals surface area contributed by atoms with E-state index in [1.54, 1.807) is 36.4 Å². The fourth-order valence-electron chi connectivity index (χ4n) is 2.06. The monoisotopic (exact) mass is 368 g/mol. The second-order valence-corrected chi connectivity index (χ2v) is 5.56. The summed E-state index contributed by atoms with van der Waals surface area (Å²) in [5.74, 6) is -0.549. The molecule has 0 fully saturated rings. The normalized spacial score (nSPS) is 11.0. The summed E-state index contributed by atoms with van der Waals surface area (Å²) in [5, 5.41) is 26.6. The van der Waals surface area contributed by atoms with Crippen molar-refractivity contribution < 1.29 is 19.8 Å². The zero-order valence-corrected chi connectivity index (χ0v) is 14.5. The molecule has 27 heavy (non-hydrogen) atoms. The first kappa shape index (κ1) is 19.6. The summed E-state index contributed by atoms with van der Waals surface area (Å²) in [5.41, 5.74) is 5.64. The Hall–Kier alpha value is -3.68. The van der Waals surface area contributed by atoms with E-state index in [0.29, 0.717) is 17.5 Å². The minimum absolute atomic E-state index is 0.0662. The van der Waals surface area contributed by atoms with Crippen molar-refractivity contribution in [2.45, 2.75) is 19.3 Å². The van der Waals surface area contributed by atoms with Crippen LogP contribution in [0.2, 0.25) is 0 Å². The summed E-state index contributed by atoms with van der Waals surface area (Å²) in [7, 11) is 0. The van der Waals surface area contributed by atoms with E-state index in [2.05, 4.69) is 21.1 Å². The molecule has 0 aromatic heterocycles. The van der Waals surface area contributed by atoms with Crippen molar-refractivity contribution in [2.24, 2.45) is 10.2 Å². The maximum absolute atomic E-state index is 11.7. The van der Waals surface area contributed by atoms with E-state index >= 15 is 0 Å². The number of phenolic OH excluding ortho intramolecular Hbond substituents is 2. The lowest BCUT2D eigenvalue weighted by Gasteiger charge is -2.01. The number of benzene rings is 2. The fraction of sp³-hybridized carbons (Fsp3) is 0.158. The van der Waals surface area contributed by atoms with Crippen LogP contribution in [0.4, 0.5) is 0 Å². The van der Waals surface area contributed by atoms with Gasteiger partial charge in [-0.1, -0.05) is 24.3 Å². The van der Waals surface area contributed by atoms with Gasteiger partial charge in [0.05, 0.1) is 12.4 Å². The molecular formula is C19H20N4O4. The molecule has 8 nitrogen and oxygen atoms in total. The molecule has 0 aliphatic heterocycles. The van der Waals surface area contributed by atoms with Gasteiger partial charge in [0, 0.05) is 24.0 Å². The van der Waals surface area contributed by atoms with Gasteiger partial charge in [-0.05, 0) is 30.7 Å². The number of rotatable bonds is 8. The summed E-state index contributed by atoms with van der Waals surface area (Å²) in [6.07, 6.45) is 3.25. The third-order valence-corrected chi connectivity index (χ3v) is 3.47. The van der Waals surface area contributed by atoms with Crippen LogP contribution in [0.3, 0.4) is 0 Å². The van der Waals surface area contributed by atoms with Crippen LogP contribution >= 0.6 is 0 Å². The molecule has 2 aromatic rings. The lowest BCUT2D eigenvalue weighted by molar-refractivity contribution is -0.122. The Bertz CT molecular complexity index is 780. The van der Waals surface area contributed by atoms with E-state index in [1.165, 1.54) is 24.6 Å². The molecule has 0 saturated heterocycles. The van der Waals surface area contributed by atoms with Crippen LogP contribution in [0, 0.1) is 0 Å². The van der Waals surface area contributed by atoms with E-state index in [-0.39, 0.29) is 36.2 Å². The first-order valence-corrected chi connectivity index (χ1v) is 8.26. The van der Waals surface area contributed by atoms with Gasteiger partial charge in [-0.2, -0.15) is 10.2 Å². The summed E-state index contributed by atoms with van der Waals surface area (Å²) >= 11 is 0. The molecule has 0 aliphatic rings. The first-order chi connectivity index (χ1) is 13.1. The van der Waals surface area contributed by atoms with Crippen LogP contribution in [0.5, 0.6) is 11.5 Å². The van der Waals surface area contributed by atoms with Crippen LogP contribution in [0.25, 0.3) is 0 Å². The Labute approximate surface area is 156 Å². The van der Waals surface area contributed by atoms with Gasteiger partial charge < -0.3 is 10.2 Å². The third-order valence-electron chi connectivity index (χ3n) is 3.47. The van der Waals surface area contributed by atoms with Gasteiger partial charge in [0.15, 0.2) is 0 Å². The standard InChI is InChI=1S/C19H20N4O4/c24-16-8-3-1-6-14(16)12-20-22-18(26)10-5-11-19(27)23-21-13-15-7-2-4-9-17(15)25/h1-4,6-9,12-13,24-25H,5,10-11H2,(H,22,26)(H,23,27). The van der Waals surface area contributed by atoms with Crippen LogP contribution in [0.1, 0.15) is 30.4 Å². The predicted molar refractivity (Wildman–Crippen MR) is 102 cm³/mol. The van der Waals surface area contributed by atoms with Crippen molar-refractivity contribution in [3.63, 3.8) is 0 Å². The molecule has 0 saturated carbocycles. The molecule has 0 bridgehead atoms. The number of aromatic hydroxyl groups is 2. The van der Waals surface area contributed by atoms with Crippen molar-refractivity contribution in [1.29, 1.82) is 0 Å². The highest BCUT2D eigenvalue weighted by atomic mass is 16.3. The number of hydrogen-bond donors (Lipinski definition) is 4. The number of hydrazone groups is 2. The zero-order chi connectivity index (χ0) is 19.5. The topological polar surface area (TPSA) is 123 Å². The van der Waals surface area contributed by atoms with Gasteiger partial charge in [-0.15, -0.1) is 0 Å². The molecule has 0 unspecified atom stereocenters. The van der Waals surface area contributed by atoms with Crippen molar-refractivity contribution in [2.75, 3.05) is 0 Å². The molecular weight excluding hydrogens is 348 g/mol. The van der Waals surface area contributed by atoms with Crippen molar-refractivity contribution >= 4 is 24.2 Å². The Morgan fingerprint density at radius 3 is 1.59 bits per heavy atom. The third kappa shape index (κ3) is 6.99. The highest BCUT2D eigenvalue weighted by Gasteiger charge is 2.04. The molecule has 2 amide bonds. The SMILES string of the molecule is O=C(CCCC(=O)NN=Cc1ccccc1O)NN=Cc1ccccc1O. The summed E-state index contributed by atoms with van der Waals surface area (Å²) in [4.78, 5) is 23.3. The van der Waals surface area contributed by atoms with E-state index in [9.17, 15) is 19.8 Å². The number of nitrogens with one attached hydrogen (secondary N) is 2. The quantitative estimate of drug-likeness (QED) is 0.419. The van der Waals surface area contributed by atoms with Crippen LogP contribution in [-0.2, 0) is 9.59 Å². The Balaban J connectivity index is 1.65. The minimum Gasteiger partial charge on any atom is -0.507 e. The lowest BCUT2D eigenvalue weighted by atomic mass is 10.2. The summed E-state index contributed by atoms with van der Waals surface area (Å²) < 4.78 is 0. The molecule has 2 aromatic carbocycles. The largest absolute Gasteiger partial charge is 0.507 e. The molecule has 2 rings (SSSR count). The second kappa shape index (κ2) is 10.3. The molecule has 4 N–H and O–H groups in total. The molecule has 0 radical (unpaired) electrons. The highest BCUT2D eigenvalue weighted by Crippen LogP contribution is 2.13. The smallest absolute Gasteiger partial charge is 0.240 e. The lowest BCUT2D eigenvalue weighted by Crippen LogP contribution is -2.20. The number of carbonyl (C=O) groups excluding carboxylic acids is 2. The highest BCUT2D eigenvalue weighted by molar-refractivity contribution is 5.86. The number of hydrogen-bond acceptors (Lipinski definition) is 6. The van der Waals surface area contributed by atoms with E-state index < -0.39 is 0 Å². The molecule has 0 heterocycles. The Kier molecular flexibility index (Phi) is 7.52. The van der Waals surface area contributed by atoms with Crippen LogP contribution in [-0.4, -0.2) is 34.5 Å². The molecule has 8 heteroatoms. The number of phenols is 2. The number of nitrogens with zero attached hydrogens (tertiary/aromatic N) is 2. The maximum atomic E-state index is 11.7. The van der Waals surface area contributed by atoms with Gasteiger partial charge in [0.2, 0.25) is 11.8 Å². The van der Waals surface area contributed by atoms with Gasteiger partial charge in [-0.25, -0.2) is 10.9 Å². The number of para-hydroxylation sites is 2. The molecule has 0 spiro atoms. The summed E-state index contributed by atoms with van der Waals surface area (Å²) in [6, 6.07) is 13.2. The minimum atomic E-state index is -0.341. The second-order valence-electron chi connectivity index (χ2n) is 5.56. The van der Waals surface area contributed by atoms with Crippen molar-refractivity contribution in [3.8, 4) is 11.5 Å². The Morgan fingerprint density at radius 2 is 1.19 bits per heavy atom. The molecule has 140 valence electrons. The van der Waals surface area contributed by atoms with Gasteiger partial charge >= 0.3 is 0 Å². The Morgan fingerprint density at radius 1 is 0.778 bits per heavy atom. The molecule has 0 aliphatic carbocycles. The van der Waals surface area contributed by atoms with Crippen molar-refractivity contribution in [3.05, 3.63) is 59.7 Å². The summed E-state index contributed by atoms with van der Waals surface area (Å²) in [6.45, 7) is 0. The first-order valence-electron chi connectivity index (χ1n) is 8.26. The number of amides is 2. The van der Waals surface area contributed by atoms with E-state index in [4.69, 9.17) is 0 Å².